The first-order valence-electron chi connectivity index (χ1n) is 6.03. The van der Waals surface area contributed by atoms with E-state index in [-0.39, 0.29) is 34.4 Å². The molecule has 104 valence electrons. The fourth-order valence-electron chi connectivity index (χ4n) is 2.09. The number of amides is 1. The molecule has 1 unspecified atom stereocenters. The fourth-order valence-corrected chi connectivity index (χ4v) is 3.96. The van der Waals surface area contributed by atoms with Crippen molar-refractivity contribution in [2.45, 2.75) is 32.7 Å². The Labute approximate surface area is 113 Å². The molecule has 1 aliphatic rings. The topological polar surface area (TPSA) is 89.3 Å². The molecule has 0 aliphatic carbocycles. The second kappa shape index (κ2) is 5.97. The summed E-state index contributed by atoms with van der Waals surface area (Å²) >= 11 is 4.89. The van der Waals surface area contributed by atoms with Crippen molar-refractivity contribution in [3.63, 3.8) is 0 Å². The van der Waals surface area contributed by atoms with E-state index in [1.807, 2.05) is 13.8 Å². The van der Waals surface area contributed by atoms with E-state index in [0.29, 0.717) is 12.8 Å². The normalized spacial score (nSPS) is 21.5. The summed E-state index contributed by atoms with van der Waals surface area (Å²) < 4.78 is 22.6. The highest BCUT2D eigenvalue weighted by Gasteiger charge is 2.29. The van der Waals surface area contributed by atoms with Gasteiger partial charge in [-0.25, -0.2) is 8.42 Å². The first-order valence-corrected chi connectivity index (χ1v) is 8.26. The summed E-state index contributed by atoms with van der Waals surface area (Å²) in [5, 5.41) is 2.85. The van der Waals surface area contributed by atoms with Gasteiger partial charge in [-0.2, -0.15) is 0 Å². The van der Waals surface area contributed by atoms with Crippen molar-refractivity contribution in [3.8, 4) is 0 Å². The number of carbonyl (C=O) groups is 1. The van der Waals surface area contributed by atoms with Crippen molar-refractivity contribution in [1.29, 1.82) is 0 Å². The van der Waals surface area contributed by atoms with E-state index < -0.39 is 15.8 Å². The first kappa shape index (κ1) is 15.4. The average Bonchev–Trinajstić information content (AvgIpc) is 2.20. The number of hydrogen-bond acceptors (Lipinski definition) is 4. The van der Waals surface area contributed by atoms with Crippen molar-refractivity contribution in [1.82, 2.24) is 5.32 Å². The second-order valence-corrected chi connectivity index (χ2v) is 7.83. The van der Waals surface area contributed by atoms with Crippen LogP contribution in [0.5, 0.6) is 0 Å². The fraction of sp³-hybridized carbons (Fsp3) is 0.818. The third-order valence-electron chi connectivity index (χ3n) is 3.16. The molecule has 3 N–H and O–H groups in total. The van der Waals surface area contributed by atoms with Gasteiger partial charge in [0.1, 0.15) is 9.84 Å². The van der Waals surface area contributed by atoms with Crippen LogP contribution in [0.2, 0.25) is 0 Å². The zero-order chi connectivity index (χ0) is 13.9. The lowest BCUT2D eigenvalue weighted by atomic mass is 9.94. The Bertz CT molecular complexity index is 418. The molecule has 1 amide bonds. The van der Waals surface area contributed by atoms with Crippen LogP contribution in [0.3, 0.4) is 0 Å². The largest absolute Gasteiger partial charge is 0.393 e. The minimum Gasteiger partial charge on any atom is -0.393 e. The van der Waals surface area contributed by atoms with Gasteiger partial charge >= 0.3 is 0 Å². The molecule has 0 bridgehead atoms. The standard InChI is InChI=1S/C11H20N2O3S2/c1-7(2)9(10(12)17)11(14)13-8-3-5-18(15,16)6-4-8/h7-9H,3-6H2,1-2H3,(H2,12,17)(H,13,14). The minimum absolute atomic E-state index is 0.0369. The van der Waals surface area contributed by atoms with Crippen LogP contribution >= 0.6 is 12.2 Å². The van der Waals surface area contributed by atoms with Crippen molar-refractivity contribution >= 4 is 33.0 Å². The van der Waals surface area contributed by atoms with Crippen LogP contribution in [-0.2, 0) is 14.6 Å². The number of carbonyl (C=O) groups excluding carboxylic acids is 1. The van der Waals surface area contributed by atoms with E-state index >= 15 is 0 Å². The highest BCUT2D eigenvalue weighted by Crippen LogP contribution is 2.16. The highest BCUT2D eigenvalue weighted by molar-refractivity contribution is 7.91. The van der Waals surface area contributed by atoms with Gasteiger partial charge in [0, 0.05) is 6.04 Å². The summed E-state index contributed by atoms with van der Waals surface area (Å²) in [6.45, 7) is 3.77. The Morgan fingerprint density at radius 2 is 1.83 bits per heavy atom. The maximum atomic E-state index is 12.0. The molecule has 7 heteroatoms. The number of nitrogens with two attached hydrogens (primary N) is 1. The smallest absolute Gasteiger partial charge is 0.230 e. The summed E-state index contributed by atoms with van der Waals surface area (Å²) in [4.78, 5) is 12.2. The monoisotopic (exact) mass is 292 g/mol. The average molecular weight is 292 g/mol. The molecule has 1 aliphatic heterocycles. The molecular formula is C11H20N2O3S2. The predicted octanol–water partition coefficient (Wildman–Crippen LogP) is 0.238. The van der Waals surface area contributed by atoms with Crippen LogP contribution < -0.4 is 11.1 Å². The van der Waals surface area contributed by atoms with Crippen LogP contribution in [0.25, 0.3) is 0 Å². The highest BCUT2D eigenvalue weighted by atomic mass is 32.2. The van der Waals surface area contributed by atoms with Gasteiger partial charge in [-0.1, -0.05) is 26.1 Å². The van der Waals surface area contributed by atoms with Gasteiger partial charge in [0.2, 0.25) is 5.91 Å². The maximum absolute atomic E-state index is 12.0. The van der Waals surface area contributed by atoms with Gasteiger partial charge in [0.05, 0.1) is 22.4 Å². The molecule has 1 saturated heterocycles. The van der Waals surface area contributed by atoms with Gasteiger partial charge in [-0.05, 0) is 18.8 Å². The van der Waals surface area contributed by atoms with Crippen molar-refractivity contribution in [3.05, 3.63) is 0 Å². The zero-order valence-corrected chi connectivity index (χ0v) is 12.3. The molecule has 18 heavy (non-hydrogen) atoms. The molecule has 0 aromatic carbocycles. The van der Waals surface area contributed by atoms with E-state index in [2.05, 4.69) is 5.32 Å². The van der Waals surface area contributed by atoms with E-state index in [0.717, 1.165) is 0 Å². The lowest BCUT2D eigenvalue weighted by Crippen LogP contribution is -2.47. The quantitative estimate of drug-likeness (QED) is 0.724. The Kier molecular flexibility index (Phi) is 5.10. The predicted molar refractivity (Wildman–Crippen MR) is 74.9 cm³/mol. The van der Waals surface area contributed by atoms with Crippen LogP contribution in [0.4, 0.5) is 0 Å². The Morgan fingerprint density at radius 3 is 2.22 bits per heavy atom. The van der Waals surface area contributed by atoms with Crippen molar-refractivity contribution in [2.24, 2.45) is 17.6 Å². The summed E-state index contributed by atoms with van der Waals surface area (Å²) in [5.41, 5.74) is 5.56. The van der Waals surface area contributed by atoms with Gasteiger partial charge in [0.25, 0.3) is 0 Å². The molecule has 0 radical (unpaired) electrons. The molecule has 1 atom stereocenters. The molecule has 5 nitrogen and oxygen atoms in total. The molecule has 0 aromatic heterocycles. The van der Waals surface area contributed by atoms with Crippen LogP contribution in [0.1, 0.15) is 26.7 Å². The zero-order valence-electron chi connectivity index (χ0n) is 10.7. The SMILES string of the molecule is CC(C)C(C(=O)NC1CCS(=O)(=O)CC1)C(N)=S. The van der Waals surface area contributed by atoms with Crippen molar-refractivity contribution < 1.29 is 13.2 Å². The van der Waals surface area contributed by atoms with Crippen LogP contribution in [-0.4, -0.2) is 36.9 Å². The summed E-state index contributed by atoms with van der Waals surface area (Å²) in [5.74, 6) is -0.371. The van der Waals surface area contributed by atoms with Gasteiger partial charge in [-0.3, -0.25) is 4.79 Å². The third-order valence-corrected chi connectivity index (χ3v) is 5.13. The van der Waals surface area contributed by atoms with E-state index in [1.165, 1.54) is 0 Å². The number of rotatable bonds is 4. The van der Waals surface area contributed by atoms with Crippen LogP contribution in [0, 0.1) is 11.8 Å². The van der Waals surface area contributed by atoms with Gasteiger partial charge < -0.3 is 11.1 Å². The third kappa shape index (κ3) is 4.20. The van der Waals surface area contributed by atoms with Gasteiger partial charge in [-0.15, -0.1) is 0 Å². The molecule has 1 heterocycles. The Balaban J connectivity index is 2.57. The Hall–Kier alpha value is -0.690. The van der Waals surface area contributed by atoms with E-state index in [1.54, 1.807) is 0 Å². The van der Waals surface area contributed by atoms with Gasteiger partial charge in [0.15, 0.2) is 0 Å². The van der Waals surface area contributed by atoms with E-state index in [4.69, 9.17) is 18.0 Å². The molecule has 0 aromatic rings. The molecular weight excluding hydrogens is 272 g/mol. The number of hydrogen-bond donors (Lipinski definition) is 2. The second-order valence-electron chi connectivity index (χ2n) is 5.06. The number of thiocarbonyl (C=S) groups is 1. The lowest BCUT2D eigenvalue weighted by Gasteiger charge is -2.26. The summed E-state index contributed by atoms with van der Waals surface area (Å²) in [6.07, 6.45) is 0.937. The summed E-state index contributed by atoms with van der Waals surface area (Å²) in [6, 6.07) is -0.0865. The molecule has 0 saturated carbocycles. The number of sulfone groups is 1. The van der Waals surface area contributed by atoms with Crippen molar-refractivity contribution in [2.75, 3.05) is 11.5 Å². The maximum Gasteiger partial charge on any atom is 0.230 e. The molecule has 1 rings (SSSR count). The lowest BCUT2D eigenvalue weighted by molar-refractivity contribution is -0.124. The number of nitrogens with one attached hydrogen (secondary N) is 1. The molecule has 0 spiro atoms. The molecule has 1 fully saturated rings. The van der Waals surface area contributed by atoms with E-state index in [9.17, 15) is 13.2 Å². The minimum atomic E-state index is -2.91. The first-order chi connectivity index (χ1) is 8.23. The summed E-state index contributed by atoms with van der Waals surface area (Å²) in [7, 11) is -2.91. The Morgan fingerprint density at radius 1 is 1.33 bits per heavy atom. The van der Waals surface area contributed by atoms with Crippen LogP contribution in [0.15, 0.2) is 0 Å².